The molecule has 0 radical (unpaired) electrons. The zero-order valence-corrected chi connectivity index (χ0v) is 11.9. The van der Waals surface area contributed by atoms with Crippen LogP contribution in [-0.4, -0.2) is 5.78 Å². The van der Waals surface area contributed by atoms with Crippen LogP contribution in [0.4, 0.5) is 13.2 Å². The molecule has 2 aromatic carbocycles. The molecule has 0 spiro atoms. The number of rotatable bonds is 5. The van der Waals surface area contributed by atoms with Crippen LogP contribution in [0.2, 0.25) is 0 Å². The van der Waals surface area contributed by atoms with Crippen LogP contribution in [0.15, 0.2) is 48.5 Å². The van der Waals surface area contributed by atoms with Gasteiger partial charge in [0.2, 0.25) is 0 Å². The zero-order chi connectivity index (χ0) is 16.9. The lowest BCUT2D eigenvalue weighted by Crippen LogP contribution is -2.11. The standard InChI is InChI=1S/C17H12F3NO2/c18-17(19,20)14-10-13(15(22)8-9-21)6-7-16(14)23-11-12-4-2-1-3-5-12/h1-7,10H,8,11H2. The molecular weight excluding hydrogens is 307 g/mol. The molecule has 0 saturated carbocycles. The maximum Gasteiger partial charge on any atom is 0.419 e. The van der Waals surface area contributed by atoms with Crippen LogP contribution in [-0.2, 0) is 12.8 Å². The third kappa shape index (κ3) is 4.33. The summed E-state index contributed by atoms with van der Waals surface area (Å²) in [4.78, 5) is 11.6. The lowest BCUT2D eigenvalue weighted by atomic mass is 10.0. The van der Waals surface area contributed by atoms with Crippen molar-refractivity contribution in [2.75, 3.05) is 0 Å². The Morgan fingerprint density at radius 2 is 1.83 bits per heavy atom. The molecule has 2 rings (SSSR count). The molecule has 0 aliphatic carbocycles. The van der Waals surface area contributed by atoms with Gasteiger partial charge in [0, 0.05) is 5.56 Å². The number of nitrogens with zero attached hydrogens (tertiary/aromatic N) is 1. The molecule has 0 heterocycles. The minimum absolute atomic E-state index is 0.0184. The average molecular weight is 319 g/mol. The Morgan fingerprint density at radius 3 is 2.43 bits per heavy atom. The predicted molar refractivity (Wildman–Crippen MR) is 76.8 cm³/mol. The van der Waals surface area contributed by atoms with Crippen LogP contribution in [0, 0.1) is 11.3 Å². The second-order valence-corrected chi connectivity index (χ2v) is 4.74. The van der Waals surface area contributed by atoms with E-state index in [1.54, 1.807) is 36.4 Å². The Labute approximate surface area is 130 Å². The van der Waals surface area contributed by atoms with Gasteiger partial charge in [-0.1, -0.05) is 30.3 Å². The number of hydrogen-bond donors (Lipinski definition) is 0. The highest BCUT2D eigenvalue weighted by molar-refractivity contribution is 5.97. The van der Waals surface area contributed by atoms with Crippen molar-refractivity contribution in [3.63, 3.8) is 0 Å². The minimum atomic E-state index is -4.66. The highest BCUT2D eigenvalue weighted by Gasteiger charge is 2.35. The van der Waals surface area contributed by atoms with E-state index in [0.29, 0.717) is 0 Å². The molecule has 0 amide bonds. The van der Waals surface area contributed by atoms with Gasteiger partial charge < -0.3 is 4.74 Å². The first-order chi connectivity index (χ1) is 10.9. The smallest absolute Gasteiger partial charge is 0.419 e. The van der Waals surface area contributed by atoms with Crippen molar-refractivity contribution >= 4 is 5.78 Å². The summed E-state index contributed by atoms with van der Waals surface area (Å²) < 4.78 is 44.7. The zero-order valence-electron chi connectivity index (χ0n) is 11.9. The minimum Gasteiger partial charge on any atom is -0.488 e. The number of ketones is 1. The molecule has 118 valence electrons. The van der Waals surface area contributed by atoms with Crippen LogP contribution in [0.25, 0.3) is 0 Å². The molecule has 0 aliphatic heterocycles. The quantitative estimate of drug-likeness (QED) is 0.768. The van der Waals surface area contributed by atoms with Crippen molar-refractivity contribution < 1.29 is 22.7 Å². The van der Waals surface area contributed by atoms with Gasteiger partial charge in [0.25, 0.3) is 0 Å². The Bertz CT molecular complexity index is 734. The van der Waals surface area contributed by atoms with Gasteiger partial charge in [-0.25, -0.2) is 0 Å². The fourth-order valence-corrected chi connectivity index (χ4v) is 1.96. The van der Waals surface area contributed by atoms with E-state index in [2.05, 4.69) is 0 Å². The number of alkyl halides is 3. The molecule has 0 fully saturated rings. The molecule has 23 heavy (non-hydrogen) atoms. The van der Waals surface area contributed by atoms with Gasteiger partial charge in [0.1, 0.15) is 12.4 Å². The van der Waals surface area contributed by atoms with Crippen molar-refractivity contribution in [2.45, 2.75) is 19.2 Å². The van der Waals surface area contributed by atoms with E-state index in [1.807, 2.05) is 0 Å². The summed E-state index contributed by atoms with van der Waals surface area (Å²) in [6.07, 6.45) is -5.13. The third-order valence-corrected chi connectivity index (χ3v) is 3.08. The summed E-state index contributed by atoms with van der Waals surface area (Å²) in [6, 6.07) is 13.5. The summed E-state index contributed by atoms with van der Waals surface area (Å²) >= 11 is 0. The van der Waals surface area contributed by atoms with Gasteiger partial charge >= 0.3 is 6.18 Å². The van der Waals surface area contributed by atoms with Crippen molar-refractivity contribution in [3.05, 3.63) is 65.2 Å². The molecule has 0 saturated heterocycles. The lowest BCUT2D eigenvalue weighted by molar-refractivity contribution is -0.139. The molecule has 6 heteroatoms. The van der Waals surface area contributed by atoms with E-state index >= 15 is 0 Å². The first kappa shape index (κ1) is 16.6. The van der Waals surface area contributed by atoms with E-state index in [1.165, 1.54) is 6.07 Å². The highest BCUT2D eigenvalue weighted by atomic mass is 19.4. The summed E-state index contributed by atoms with van der Waals surface area (Å²) in [5.41, 5.74) is -0.464. The fourth-order valence-electron chi connectivity index (χ4n) is 1.96. The van der Waals surface area contributed by atoms with Gasteiger partial charge in [-0.2, -0.15) is 18.4 Å². The molecular formula is C17H12F3NO2. The van der Waals surface area contributed by atoms with Gasteiger partial charge in [-0.3, -0.25) is 4.79 Å². The van der Waals surface area contributed by atoms with Crippen LogP contribution in [0.3, 0.4) is 0 Å². The molecule has 0 atom stereocenters. The van der Waals surface area contributed by atoms with Gasteiger partial charge in [0.15, 0.2) is 5.78 Å². The van der Waals surface area contributed by atoms with Gasteiger partial charge in [-0.15, -0.1) is 0 Å². The fraction of sp³-hybridized carbons (Fsp3) is 0.176. The van der Waals surface area contributed by atoms with Crippen LogP contribution >= 0.6 is 0 Å². The van der Waals surface area contributed by atoms with Crippen molar-refractivity contribution in [3.8, 4) is 11.8 Å². The summed E-state index contributed by atoms with van der Waals surface area (Å²) in [5, 5.41) is 8.47. The number of ether oxygens (including phenoxy) is 1. The largest absolute Gasteiger partial charge is 0.488 e. The van der Waals surface area contributed by atoms with Crippen molar-refractivity contribution in [1.82, 2.24) is 0 Å². The first-order valence-electron chi connectivity index (χ1n) is 6.70. The maximum atomic E-state index is 13.1. The van der Waals surface area contributed by atoms with E-state index in [4.69, 9.17) is 10.00 Å². The molecule has 0 aliphatic rings. The first-order valence-corrected chi connectivity index (χ1v) is 6.70. The van der Waals surface area contributed by atoms with E-state index in [-0.39, 0.29) is 17.9 Å². The number of benzene rings is 2. The van der Waals surface area contributed by atoms with Crippen LogP contribution < -0.4 is 4.74 Å². The highest BCUT2D eigenvalue weighted by Crippen LogP contribution is 2.37. The van der Waals surface area contributed by atoms with E-state index in [9.17, 15) is 18.0 Å². The Kier molecular flexibility index (Phi) is 5.02. The van der Waals surface area contributed by atoms with Crippen LogP contribution in [0.5, 0.6) is 5.75 Å². The molecule has 0 unspecified atom stereocenters. The van der Waals surface area contributed by atoms with Gasteiger partial charge in [0.05, 0.1) is 18.1 Å². The predicted octanol–water partition coefficient (Wildman–Crippen LogP) is 4.38. The Morgan fingerprint density at radius 1 is 1.13 bits per heavy atom. The number of halogens is 3. The molecule has 0 N–H and O–H groups in total. The Balaban J connectivity index is 2.28. The topological polar surface area (TPSA) is 50.1 Å². The Hall–Kier alpha value is -2.81. The average Bonchev–Trinajstić information content (AvgIpc) is 2.53. The van der Waals surface area contributed by atoms with Crippen LogP contribution in [0.1, 0.15) is 27.9 Å². The maximum absolute atomic E-state index is 13.1. The lowest BCUT2D eigenvalue weighted by Gasteiger charge is -2.15. The van der Waals surface area contributed by atoms with E-state index < -0.39 is 23.9 Å². The normalized spacial score (nSPS) is 10.9. The summed E-state index contributed by atoms with van der Waals surface area (Å²) in [5.74, 6) is -1.01. The molecule has 0 bridgehead atoms. The van der Waals surface area contributed by atoms with Crippen molar-refractivity contribution in [1.29, 1.82) is 5.26 Å². The second kappa shape index (κ2) is 6.97. The third-order valence-electron chi connectivity index (χ3n) is 3.08. The monoisotopic (exact) mass is 319 g/mol. The summed E-state index contributed by atoms with van der Waals surface area (Å²) in [7, 11) is 0. The number of Topliss-reactive ketones (excluding diaryl/α,β-unsaturated/α-hetero) is 1. The van der Waals surface area contributed by atoms with Gasteiger partial charge in [-0.05, 0) is 23.8 Å². The van der Waals surface area contributed by atoms with Crippen molar-refractivity contribution in [2.24, 2.45) is 0 Å². The number of hydrogen-bond acceptors (Lipinski definition) is 3. The second-order valence-electron chi connectivity index (χ2n) is 4.74. The molecule has 2 aromatic rings. The number of nitriles is 1. The SMILES string of the molecule is N#CCC(=O)c1ccc(OCc2ccccc2)c(C(F)(F)F)c1. The van der Waals surface area contributed by atoms with E-state index in [0.717, 1.165) is 17.7 Å². The molecule has 3 nitrogen and oxygen atoms in total. The number of carbonyl (C=O) groups is 1. The summed E-state index contributed by atoms with van der Waals surface area (Å²) in [6.45, 7) is -0.0184. The number of carbonyl (C=O) groups excluding carboxylic acids is 1. The molecule has 0 aromatic heterocycles.